The first-order valence-corrected chi connectivity index (χ1v) is 9.80. The zero-order chi connectivity index (χ0) is 24.1. The lowest BCUT2D eigenvalue weighted by Crippen LogP contribution is -2.31. The Hall–Kier alpha value is -4.58. The number of non-ortho nitro benzene ring substituents is 1. The Morgan fingerprint density at radius 3 is 2.42 bits per heavy atom. The first kappa shape index (κ1) is 23.1. The first-order valence-electron chi connectivity index (χ1n) is 9.80. The number of carboxylic acids is 1. The molecule has 1 aliphatic heterocycles. The minimum Gasteiger partial charge on any atom is -0.508 e. The van der Waals surface area contributed by atoms with Crippen LogP contribution in [0.25, 0.3) is 0 Å². The van der Waals surface area contributed by atoms with E-state index in [1.54, 1.807) is 26.0 Å². The summed E-state index contributed by atoms with van der Waals surface area (Å²) in [4.78, 5) is 35.7. The number of benzene rings is 2. The van der Waals surface area contributed by atoms with Gasteiger partial charge in [-0.2, -0.15) is 0 Å². The molecule has 0 saturated heterocycles. The number of phenols is 1. The van der Waals surface area contributed by atoms with E-state index in [0.29, 0.717) is 17.0 Å². The van der Waals surface area contributed by atoms with Gasteiger partial charge >= 0.3 is 11.9 Å². The molecule has 168 valence electrons. The lowest BCUT2D eigenvalue weighted by molar-refractivity contribution is -0.384. The van der Waals surface area contributed by atoms with Gasteiger partial charge in [-0.3, -0.25) is 10.1 Å². The van der Waals surface area contributed by atoms with E-state index in [4.69, 9.17) is 4.74 Å². The van der Waals surface area contributed by atoms with Crippen molar-refractivity contribution in [2.24, 2.45) is 0 Å². The fourth-order valence-corrected chi connectivity index (χ4v) is 3.56. The van der Waals surface area contributed by atoms with Crippen molar-refractivity contribution in [1.82, 2.24) is 5.32 Å². The molecule has 1 unspecified atom stereocenters. The zero-order valence-electron chi connectivity index (χ0n) is 17.8. The number of carboxylic acid groups (broad SMARTS) is 1. The number of carbonyl (C=O) groups is 2. The van der Waals surface area contributed by atoms with E-state index in [0.717, 1.165) is 0 Å². The van der Waals surface area contributed by atoms with Gasteiger partial charge in [-0.05, 0) is 43.7 Å². The number of hydrogen-bond acceptors (Lipinski definition) is 7. The molecule has 1 heterocycles. The number of nitro benzene ring substituents is 1. The molecule has 3 rings (SSSR count). The van der Waals surface area contributed by atoms with Gasteiger partial charge in [0.1, 0.15) is 5.75 Å². The number of carbonyl (C=O) groups excluding carboxylic acids is 1. The minimum absolute atomic E-state index is 0.0323. The highest BCUT2D eigenvalue weighted by atomic mass is 16.6. The van der Waals surface area contributed by atoms with Crippen LogP contribution in [0, 0.1) is 22.0 Å². The molecule has 1 atom stereocenters. The van der Waals surface area contributed by atoms with E-state index in [9.17, 15) is 29.9 Å². The van der Waals surface area contributed by atoms with Crippen LogP contribution in [0.1, 0.15) is 30.9 Å². The van der Waals surface area contributed by atoms with Crippen molar-refractivity contribution in [2.45, 2.75) is 19.8 Å². The Morgan fingerprint density at radius 2 is 1.79 bits per heavy atom. The summed E-state index contributed by atoms with van der Waals surface area (Å²) in [7, 11) is 0. The van der Waals surface area contributed by atoms with E-state index in [1.807, 2.05) is 0 Å². The van der Waals surface area contributed by atoms with Crippen LogP contribution < -0.4 is 5.32 Å². The molecular weight excluding hydrogens is 428 g/mol. The molecule has 0 amide bonds. The quantitative estimate of drug-likeness (QED) is 0.274. The minimum atomic E-state index is -1.26. The van der Waals surface area contributed by atoms with Crippen LogP contribution in [-0.2, 0) is 14.3 Å². The van der Waals surface area contributed by atoms with Gasteiger partial charge in [-0.25, -0.2) is 9.59 Å². The van der Waals surface area contributed by atoms with Crippen molar-refractivity contribution in [3.8, 4) is 17.6 Å². The maximum Gasteiger partial charge on any atom is 0.337 e. The van der Waals surface area contributed by atoms with Crippen molar-refractivity contribution < 1.29 is 29.5 Å². The van der Waals surface area contributed by atoms with E-state index in [-0.39, 0.29) is 34.8 Å². The SMILES string of the molecule is CC1=C(C(=O)O)C(c2cccc([N+](=O)[O-])c2)C(C(=O)OCC#Cc2ccc(O)cc2)=C(C)N1. The van der Waals surface area contributed by atoms with E-state index < -0.39 is 22.8 Å². The number of dihydropyridines is 1. The van der Waals surface area contributed by atoms with E-state index in [1.165, 1.54) is 36.4 Å². The third-order valence-electron chi connectivity index (χ3n) is 5.00. The van der Waals surface area contributed by atoms with Gasteiger partial charge in [0.15, 0.2) is 6.61 Å². The van der Waals surface area contributed by atoms with Gasteiger partial charge in [-0.1, -0.05) is 24.0 Å². The summed E-state index contributed by atoms with van der Waals surface area (Å²) in [5, 5.41) is 33.2. The summed E-state index contributed by atoms with van der Waals surface area (Å²) in [6, 6.07) is 11.7. The molecule has 0 spiro atoms. The second-order valence-corrected chi connectivity index (χ2v) is 7.22. The molecule has 3 N–H and O–H groups in total. The molecule has 0 bridgehead atoms. The predicted octanol–water partition coefficient (Wildman–Crippen LogP) is 3.21. The summed E-state index contributed by atoms with van der Waals surface area (Å²) in [5.41, 5.74) is 1.29. The van der Waals surface area contributed by atoms with E-state index in [2.05, 4.69) is 17.2 Å². The molecule has 9 heteroatoms. The average Bonchev–Trinajstić information content (AvgIpc) is 2.77. The third-order valence-corrected chi connectivity index (χ3v) is 5.00. The topological polar surface area (TPSA) is 139 Å². The Kier molecular flexibility index (Phi) is 6.79. The lowest BCUT2D eigenvalue weighted by atomic mass is 9.80. The van der Waals surface area contributed by atoms with E-state index >= 15 is 0 Å². The molecule has 0 aromatic heterocycles. The summed E-state index contributed by atoms with van der Waals surface area (Å²) in [5.74, 6) is 2.46. The van der Waals surface area contributed by atoms with Crippen molar-refractivity contribution in [2.75, 3.05) is 6.61 Å². The highest BCUT2D eigenvalue weighted by Crippen LogP contribution is 2.39. The number of esters is 1. The molecule has 2 aromatic carbocycles. The van der Waals surface area contributed by atoms with Crippen LogP contribution in [0.2, 0.25) is 0 Å². The number of nitro groups is 1. The van der Waals surface area contributed by atoms with Gasteiger partial charge < -0.3 is 20.3 Å². The Labute approximate surface area is 189 Å². The average molecular weight is 448 g/mol. The van der Waals surface area contributed by atoms with Gasteiger partial charge in [0, 0.05) is 29.1 Å². The fourth-order valence-electron chi connectivity index (χ4n) is 3.56. The molecule has 2 aromatic rings. The maximum atomic E-state index is 13.0. The Morgan fingerprint density at radius 1 is 1.12 bits per heavy atom. The summed E-state index contributed by atoms with van der Waals surface area (Å²) in [6.45, 7) is 2.90. The number of phenolic OH excluding ortho intramolecular Hbond substituents is 1. The van der Waals surface area contributed by atoms with Crippen molar-refractivity contribution in [3.05, 3.63) is 92.3 Å². The van der Waals surface area contributed by atoms with Crippen molar-refractivity contribution in [3.63, 3.8) is 0 Å². The summed E-state index contributed by atoms with van der Waals surface area (Å²) < 4.78 is 5.28. The second-order valence-electron chi connectivity index (χ2n) is 7.22. The Bertz CT molecular complexity index is 1250. The second kappa shape index (κ2) is 9.70. The number of rotatable bonds is 5. The number of hydrogen-bond donors (Lipinski definition) is 3. The number of aliphatic carboxylic acids is 1. The monoisotopic (exact) mass is 448 g/mol. The van der Waals surface area contributed by atoms with Crippen LogP contribution in [0.3, 0.4) is 0 Å². The number of nitrogens with zero attached hydrogens (tertiary/aromatic N) is 1. The standard InChI is InChI=1S/C24H20N2O7/c1-14-20(23(28)29)22(17-6-3-7-18(13-17)26(31)32)21(15(2)25-14)24(30)33-12-4-5-16-8-10-19(27)11-9-16/h3,6-11,13,22,25,27H,12H2,1-2H3,(H,28,29). The number of allylic oxidation sites excluding steroid dienone is 2. The largest absolute Gasteiger partial charge is 0.508 e. The molecule has 0 radical (unpaired) electrons. The van der Waals surface area contributed by atoms with Crippen molar-refractivity contribution >= 4 is 17.6 Å². The first-order chi connectivity index (χ1) is 15.7. The van der Waals surface area contributed by atoms with Crippen LogP contribution in [-0.4, -0.2) is 33.7 Å². The molecule has 0 aliphatic carbocycles. The highest BCUT2D eigenvalue weighted by molar-refractivity contribution is 5.99. The third kappa shape index (κ3) is 5.19. The predicted molar refractivity (Wildman–Crippen MR) is 118 cm³/mol. The van der Waals surface area contributed by atoms with Gasteiger partial charge in [0.25, 0.3) is 5.69 Å². The van der Waals surface area contributed by atoms with Crippen LogP contribution in [0.5, 0.6) is 5.75 Å². The summed E-state index contributed by atoms with van der Waals surface area (Å²) >= 11 is 0. The van der Waals surface area contributed by atoms with Crippen molar-refractivity contribution in [1.29, 1.82) is 0 Å². The van der Waals surface area contributed by atoms with Gasteiger partial charge in [0.2, 0.25) is 0 Å². The highest BCUT2D eigenvalue weighted by Gasteiger charge is 2.37. The molecule has 9 nitrogen and oxygen atoms in total. The molecule has 0 saturated carbocycles. The van der Waals surface area contributed by atoms with Crippen LogP contribution in [0.4, 0.5) is 5.69 Å². The van der Waals surface area contributed by atoms with Gasteiger partial charge in [-0.15, -0.1) is 0 Å². The fraction of sp³-hybridized carbons (Fsp3) is 0.167. The zero-order valence-corrected chi connectivity index (χ0v) is 17.8. The smallest absolute Gasteiger partial charge is 0.337 e. The lowest BCUT2D eigenvalue weighted by Gasteiger charge is -2.29. The number of ether oxygens (including phenoxy) is 1. The molecule has 1 aliphatic rings. The molecule has 0 fully saturated rings. The maximum absolute atomic E-state index is 13.0. The molecular formula is C24H20N2O7. The van der Waals surface area contributed by atoms with Crippen LogP contribution in [0.15, 0.2) is 71.1 Å². The van der Waals surface area contributed by atoms with Gasteiger partial charge in [0.05, 0.1) is 22.0 Å². The Balaban J connectivity index is 1.92. The summed E-state index contributed by atoms with van der Waals surface area (Å²) in [6.07, 6.45) is 0. The normalized spacial score (nSPS) is 15.3. The molecule has 33 heavy (non-hydrogen) atoms. The number of aromatic hydroxyl groups is 1. The number of nitrogens with one attached hydrogen (secondary N) is 1. The van der Waals surface area contributed by atoms with Crippen LogP contribution >= 0.6 is 0 Å².